The number of nitrogens with one attached hydrogen (secondary N) is 2. The predicted molar refractivity (Wildman–Crippen MR) is 71.4 cm³/mol. The molecule has 1 unspecified atom stereocenters. The molecule has 19 heavy (non-hydrogen) atoms. The summed E-state index contributed by atoms with van der Waals surface area (Å²) in [4.78, 5) is 0. The molecule has 1 aromatic carbocycles. The smallest absolute Gasteiger partial charge is 0.117 e. The van der Waals surface area contributed by atoms with E-state index in [2.05, 4.69) is 20.7 Å². The number of methoxy groups -OCH3 is 1. The number of hydrogen-bond donors (Lipinski definition) is 3. The Labute approximate surface area is 111 Å². The molecule has 3 N–H and O–H groups in total. The highest BCUT2D eigenvalue weighted by Crippen LogP contribution is 2.18. The van der Waals surface area contributed by atoms with Crippen LogP contribution in [0.4, 0.5) is 0 Å². The molecule has 2 aromatic rings. The summed E-state index contributed by atoms with van der Waals surface area (Å²) in [6, 6.07) is 9.75. The fourth-order valence-electron chi connectivity index (χ4n) is 1.82. The Morgan fingerprint density at radius 3 is 2.79 bits per heavy atom. The predicted octanol–water partition coefficient (Wildman–Crippen LogP) is 0.569. The van der Waals surface area contributed by atoms with Crippen LogP contribution in [0.1, 0.15) is 5.69 Å². The number of ether oxygens (including phenoxy) is 1. The quantitative estimate of drug-likeness (QED) is 0.679. The highest BCUT2D eigenvalue weighted by Gasteiger charge is 2.12. The van der Waals surface area contributed by atoms with Crippen LogP contribution in [-0.2, 0) is 11.3 Å². The molecule has 1 atom stereocenters. The van der Waals surface area contributed by atoms with Crippen LogP contribution in [0, 0.1) is 0 Å². The third-order valence-corrected chi connectivity index (χ3v) is 2.81. The van der Waals surface area contributed by atoms with Gasteiger partial charge in [0.15, 0.2) is 0 Å². The van der Waals surface area contributed by atoms with E-state index in [4.69, 9.17) is 4.74 Å². The molecule has 102 valence electrons. The van der Waals surface area contributed by atoms with Crippen molar-refractivity contribution in [2.24, 2.45) is 0 Å². The normalized spacial score (nSPS) is 12.5. The van der Waals surface area contributed by atoms with Crippen molar-refractivity contribution in [1.82, 2.24) is 20.7 Å². The van der Waals surface area contributed by atoms with Crippen LogP contribution in [0.5, 0.6) is 0 Å². The van der Waals surface area contributed by atoms with Crippen LogP contribution in [0.15, 0.2) is 30.3 Å². The molecule has 0 radical (unpaired) electrons. The van der Waals surface area contributed by atoms with Crippen molar-refractivity contribution in [2.75, 3.05) is 20.3 Å². The lowest BCUT2D eigenvalue weighted by molar-refractivity contribution is 0.128. The standard InChI is InChI=1S/C13H18N4O2/c1-19-9-11(8-18)14-7-12-13(16-17-15-12)10-5-3-2-4-6-10/h2-6,11,14,18H,7-9H2,1H3,(H,15,16,17). The van der Waals surface area contributed by atoms with Crippen molar-refractivity contribution < 1.29 is 9.84 Å². The van der Waals surface area contributed by atoms with Crippen LogP contribution >= 0.6 is 0 Å². The molecule has 0 saturated carbocycles. The number of H-pyrrole nitrogens is 1. The molecule has 0 aliphatic heterocycles. The van der Waals surface area contributed by atoms with E-state index in [1.807, 2.05) is 30.3 Å². The van der Waals surface area contributed by atoms with E-state index in [0.717, 1.165) is 17.0 Å². The van der Waals surface area contributed by atoms with Crippen LogP contribution in [0.2, 0.25) is 0 Å². The minimum Gasteiger partial charge on any atom is -0.395 e. The van der Waals surface area contributed by atoms with Gasteiger partial charge in [-0.25, -0.2) is 0 Å². The lowest BCUT2D eigenvalue weighted by atomic mass is 10.1. The molecule has 0 saturated heterocycles. The van der Waals surface area contributed by atoms with Gasteiger partial charge in [0.05, 0.1) is 19.3 Å². The number of hydrogen-bond acceptors (Lipinski definition) is 5. The van der Waals surface area contributed by atoms with Gasteiger partial charge < -0.3 is 15.2 Å². The summed E-state index contributed by atoms with van der Waals surface area (Å²) in [6.07, 6.45) is 0. The molecule has 0 aliphatic rings. The van der Waals surface area contributed by atoms with Gasteiger partial charge in [-0.05, 0) is 0 Å². The van der Waals surface area contributed by atoms with Gasteiger partial charge in [-0.2, -0.15) is 15.4 Å². The number of rotatable bonds is 7. The van der Waals surface area contributed by atoms with Gasteiger partial charge in [0.1, 0.15) is 11.4 Å². The molecule has 0 amide bonds. The Bertz CT molecular complexity index is 486. The largest absolute Gasteiger partial charge is 0.395 e. The van der Waals surface area contributed by atoms with E-state index in [-0.39, 0.29) is 12.6 Å². The number of aromatic nitrogens is 3. The van der Waals surface area contributed by atoms with Gasteiger partial charge in [-0.1, -0.05) is 30.3 Å². The molecule has 0 spiro atoms. The monoisotopic (exact) mass is 262 g/mol. The molecule has 1 aromatic heterocycles. The molecule has 0 aliphatic carbocycles. The van der Waals surface area contributed by atoms with Crippen molar-refractivity contribution in [3.8, 4) is 11.3 Å². The maximum absolute atomic E-state index is 9.19. The van der Waals surface area contributed by atoms with Gasteiger partial charge in [-0.15, -0.1) is 0 Å². The molecule has 0 fully saturated rings. The van der Waals surface area contributed by atoms with Crippen LogP contribution in [0.25, 0.3) is 11.3 Å². The molecular formula is C13H18N4O2. The van der Waals surface area contributed by atoms with Crippen molar-refractivity contribution in [3.05, 3.63) is 36.0 Å². The zero-order valence-corrected chi connectivity index (χ0v) is 10.8. The average Bonchev–Trinajstić information content (AvgIpc) is 2.93. The zero-order valence-electron chi connectivity index (χ0n) is 10.8. The number of benzene rings is 1. The first kappa shape index (κ1) is 13.7. The highest BCUT2D eigenvalue weighted by atomic mass is 16.5. The number of nitrogens with zero attached hydrogens (tertiary/aromatic N) is 2. The number of aliphatic hydroxyl groups is 1. The second-order valence-electron chi connectivity index (χ2n) is 4.20. The highest BCUT2D eigenvalue weighted by molar-refractivity contribution is 5.60. The van der Waals surface area contributed by atoms with Crippen molar-refractivity contribution in [2.45, 2.75) is 12.6 Å². The second-order valence-corrected chi connectivity index (χ2v) is 4.20. The summed E-state index contributed by atoms with van der Waals surface area (Å²) in [5, 5.41) is 23.3. The summed E-state index contributed by atoms with van der Waals surface area (Å²) < 4.78 is 5.01. The van der Waals surface area contributed by atoms with E-state index in [9.17, 15) is 5.11 Å². The van der Waals surface area contributed by atoms with Gasteiger partial charge in [0.25, 0.3) is 0 Å². The number of aliphatic hydroxyl groups excluding tert-OH is 1. The van der Waals surface area contributed by atoms with Crippen LogP contribution in [0.3, 0.4) is 0 Å². The fraction of sp³-hybridized carbons (Fsp3) is 0.385. The minimum absolute atomic E-state index is 0.0202. The van der Waals surface area contributed by atoms with Crippen molar-refractivity contribution in [3.63, 3.8) is 0 Å². The van der Waals surface area contributed by atoms with E-state index >= 15 is 0 Å². The molecule has 6 nitrogen and oxygen atoms in total. The van der Waals surface area contributed by atoms with Gasteiger partial charge in [0.2, 0.25) is 0 Å². The molecule has 6 heteroatoms. The Morgan fingerprint density at radius 1 is 1.32 bits per heavy atom. The summed E-state index contributed by atoms with van der Waals surface area (Å²) >= 11 is 0. The number of aromatic amines is 1. The SMILES string of the molecule is COCC(CO)NCc1n[nH]nc1-c1ccccc1. The molecular weight excluding hydrogens is 244 g/mol. The average molecular weight is 262 g/mol. The lowest BCUT2D eigenvalue weighted by Crippen LogP contribution is -2.36. The Kier molecular flexibility index (Phi) is 5.02. The Morgan fingerprint density at radius 2 is 2.11 bits per heavy atom. The zero-order chi connectivity index (χ0) is 13.5. The maximum atomic E-state index is 9.19. The van der Waals surface area contributed by atoms with E-state index < -0.39 is 0 Å². The van der Waals surface area contributed by atoms with Crippen molar-refractivity contribution in [1.29, 1.82) is 0 Å². The van der Waals surface area contributed by atoms with E-state index in [0.29, 0.717) is 13.2 Å². The first-order valence-electron chi connectivity index (χ1n) is 6.13. The van der Waals surface area contributed by atoms with Crippen LogP contribution in [-0.4, -0.2) is 46.9 Å². The third kappa shape index (κ3) is 3.60. The minimum atomic E-state index is -0.106. The van der Waals surface area contributed by atoms with Gasteiger partial charge in [0, 0.05) is 19.2 Å². The first-order chi connectivity index (χ1) is 9.35. The van der Waals surface area contributed by atoms with Crippen molar-refractivity contribution >= 4 is 0 Å². The maximum Gasteiger partial charge on any atom is 0.117 e. The Balaban J connectivity index is 2.04. The second kappa shape index (κ2) is 6.98. The fourth-order valence-corrected chi connectivity index (χ4v) is 1.82. The molecule has 0 bridgehead atoms. The molecule has 1 heterocycles. The summed E-state index contributed by atoms with van der Waals surface area (Å²) in [5.41, 5.74) is 2.66. The third-order valence-electron chi connectivity index (χ3n) is 2.81. The first-order valence-corrected chi connectivity index (χ1v) is 6.13. The molecule has 2 rings (SSSR count). The Hall–Kier alpha value is -1.76. The summed E-state index contributed by atoms with van der Waals surface area (Å²) in [5.74, 6) is 0. The summed E-state index contributed by atoms with van der Waals surface area (Å²) in [6.45, 7) is 0.997. The van der Waals surface area contributed by atoms with Gasteiger partial charge >= 0.3 is 0 Å². The van der Waals surface area contributed by atoms with E-state index in [1.165, 1.54) is 0 Å². The van der Waals surface area contributed by atoms with Crippen LogP contribution < -0.4 is 5.32 Å². The lowest BCUT2D eigenvalue weighted by Gasteiger charge is -2.14. The van der Waals surface area contributed by atoms with E-state index in [1.54, 1.807) is 7.11 Å². The summed E-state index contributed by atoms with van der Waals surface area (Å²) in [7, 11) is 1.61. The van der Waals surface area contributed by atoms with Gasteiger partial charge in [-0.3, -0.25) is 0 Å². The topological polar surface area (TPSA) is 83.1 Å².